The van der Waals surface area contributed by atoms with Crippen LogP contribution >= 0.6 is 31.6 Å². The first kappa shape index (κ1) is 20.9. The molecule has 0 radical (unpaired) electrons. The summed E-state index contributed by atoms with van der Waals surface area (Å²) >= 11 is 6.60. The Labute approximate surface area is 135 Å². The van der Waals surface area contributed by atoms with Crippen LogP contribution in [0.15, 0.2) is 0 Å². The Bertz CT molecular complexity index is 389. The highest BCUT2D eigenvalue weighted by atomic mass is 32.2. The third-order valence-electron chi connectivity index (χ3n) is 2.15. The molecular formula is C12H24NO5PS2. The second-order valence-corrected chi connectivity index (χ2v) is 8.49. The van der Waals surface area contributed by atoms with E-state index in [1.807, 2.05) is 6.26 Å². The predicted molar refractivity (Wildman–Crippen MR) is 90.2 cm³/mol. The number of thiocarbonyl (C=S) groups is 1. The maximum atomic E-state index is 12.7. The highest BCUT2D eigenvalue weighted by Gasteiger charge is 2.35. The van der Waals surface area contributed by atoms with Crippen LogP contribution in [0.25, 0.3) is 0 Å². The minimum atomic E-state index is -3.70. The van der Waals surface area contributed by atoms with Gasteiger partial charge in [-0.2, -0.15) is 11.8 Å². The van der Waals surface area contributed by atoms with E-state index in [1.165, 1.54) is 11.8 Å². The second kappa shape index (κ2) is 9.79. The summed E-state index contributed by atoms with van der Waals surface area (Å²) in [5.41, 5.74) is 0. The Morgan fingerprint density at radius 3 is 2.10 bits per heavy atom. The van der Waals surface area contributed by atoms with Crippen molar-refractivity contribution in [2.75, 3.05) is 12.0 Å². The molecule has 0 aliphatic carbocycles. The van der Waals surface area contributed by atoms with E-state index in [0.29, 0.717) is 12.2 Å². The summed E-state index contributed by atoms with van der Waals surface area (Å²) in [6.07, 6.45) is 1.53. The zero-order valence-electron chi connectivity index (χ0n) is 13.0. The number of carbonyl (C=O) groups is 1. The summed E-state index contributed by atoms with van der Waals surface area (Å²) in [5, 5.41) is 11.8. The predicted octanol–water partition coefficient (Wildman–Crippen LogP) is 3.11. The maximum absolute atomic E-state index is 12.7. The number of rotatable bonds is 10. The molecule has 0 aromatic rings. The van der Waals surface area contributed by atoms with E-state index >= 15 is 0 Å². The number of hydrogen-bond acceptors (Lipinski definition) is 6. The third-order valence-corrected chi connectivity index (χ3v) is 5.61. The minimum absolute atomic E-state index is 0.182. The number of aliphatic carboxylic acids is 1. The highest BCUT2D eigenvalue weighted by molar-refractivity contribution is 7.98. The van der Waals surface area contributed by atoms with Gasteiger partial charge in [0, 0.05) is 0 Å². The molecule has 6 nitrogen and oxygen atoms in total. The fourth-order valence-corrected chi connectivity index (χ4v) is 3.93. The van der Waals surface area contributed by atoms with Gasteiger partial charge in [0.2, 0.25) is 0 Å². The summed E-state index contributed by atoms with van der Waals surface area (Å²) < 4.78 is 23.2. The van der Waals surface area contributed by atoms with Gasteiger partial charge < -0.3 is 19.5 Å². The molecule has 1 unspecified atom stereocenters. The van der Waals surface area contributed by atoms with E-state index in [4.69, 9.17) is 21.3 Å². The van der Waals surface area contributed by atoms with Crippen LogP contribution in [0.4, 0.5) is 0 Å². The van der Waals surface area contributed by atoms with Gasteiger partial charge in [-0.15, -0.1) is 0 Å². The molecule has 9 heteroatoms. The average molecular weight is 357 g/mol. The van der Waals surface area contributed by atoms with Crippen molar-refractivity contribution in [2.45, 2.75) is 52.4 Å². The number of hydrogen-bond donors (Lipinski definition) is 2. The Balaban J connectivity index is 5.01. The molecule has 0 aliphatic rings. The molecule has 0 heterocycles. The molecule has 0 saturated carbocycles. The van der Waals surface area contributed by atoms with Gasteiger partial charge in [0.05, 0.1) is 12.2 Å². The largest absolute Gasteiger partial charge is 0.480 e. The van der Waals surface area contributed by atoms with Crippen LogP contribution in [0.3, 0.4) is 0 Å². The monoisotopic (exact) mass is 357 g/mol. The van der Waals surface area contributed by atoms with Crippen molar-refractivity contribution in [3.8, 4) is 0 Å². The first-order valence-corrected chi connectivity index (χ1v) is 9.96. The standard InChI is InChI=1S/C12H24NO5PS2/c1-8(2)17-19(16,18-9(3)4)12(20)13-10(11(14)15)6-7-21-5/h8-10H,6-7H2,1-5H3,(H,13,20)(H,14,15). The minimum Gasteiger partial charge on any atom is -0.480 e. The van der Waals surface area contributed by atoms with Gasteiger partial charge in [0.1, 0.15) is 6.04 Å². The zero-order chi connectivity index (χ0) is 16.6. The smallest absolute Gasteiger partial charge is 0.388 e. The van der Waals surface area contributed by atoms with Gasteiger partial charge >= 0.3 is 13.6 Å². The van der Waals surface area contributed by atoms with Gasteiger partial charge in [-0.25, -0.2) is 4.79 Å². The molecule has 0 bridgehead atoms. The summed E-state index contributed by atoms with van der Waals surface area (Å²) in [6, 6.07) is -0.912. The Morgan fingerprint density at radius 2 is 1.76 bits per heavy atom. The van der Waals surface area contributed by atoms with E-state index in [2.05, 4.69) is 5.32 Å². The summed E-state index contributed by atoms with van der Waals surface area (Å²) in [6.45, 7) is 6.84. The van der Waals surface area contributed by atoms with Crippen LogP contribution in [0.5, 0.6) is 0 Å². The number of thioether (sulfide) groups is 1. The van der Waals surface area contributed by atoms with E-state index in [9.17, 15) is 14.5 Å². The van der Waals surface area contributed by atoms with Crippen molar-refractivity contribution in [3.05, 3.63) is 0 Å². The summed E-state index contributed by atoms with van der Waals surface area (Å²) in [4.78, 5) is 11.2. The van der Waals surface area contributed by atoms with Crippen molar-refractivity contribution in [2.24, 2.45) is 0 Å². The van der Waals surface area contributed by atoms with Crippen LogP contribution in [0.2, 0.25) is 0 Å². The lowest BCUT2D eigenvalue weighted by Gasteiger charge is -2.25. The van der Waals surface area contributed by atoms with Crippen molar-refractivity contribution >= 4 is 42.3 Å². The molecule has 0 aromatic carbocycles. The molecule has 0 fully saturated rings. The molecule has 1 atom stereocenters. The second-order valence-electron chi connectivity index (χ2n) is 4.93. The number of nitrogens with one attached hydrogen (secondary N) is 1. The molecule has 21 heavy (non-hydrogen) atoms. The topological polar surface area (TPSA) is 84.9 Å². The van der Waals surface area contributed by atoms with E-state index in [1.54, 1.807) is 27.7 Å². The van der Waals surface area contributed by atoms with Crippen LogP contribution in [-0.2, 0) is 18.4 Å². The van der Waals surface area contributed by atoms with Gasteiger partial charge in [-0.3, -0.25) is 4.57 Å². The number of carboxylic acids is 1. The van der Waals surface area contributed by atoms with Crippen molar-refractivity contribution in [1.82, 2.24) is 5.32 Å². The Hall–Kier alpha value is -0.140. The lowest BCUT2D eigenvalue weighted by Crippen LogP contribution is -2.41. The number of carboxylic acid groups (broad SMARTS) is 1. The van der Waals surface area contributed by atoms with E-state index < -0.39 is 19.6 Å². The van der Waals surface area contributed by atoms with Gasteiger partial charge in [-0.05, 0) is 46.1 Å². The van der Waals surface area contributed by atoms with Gasteiger partial charge in [0.25, 0.3) is 0 Å². The van der Waals surface area contributed by atoms with Crippen molar-refractivity contribution in [1.29, 1.82) is 0 Å². The summed E-state index contributed by atoms with van der Waals surface area (Å²) in [5.74, 6) is -0.403. The molecule has 0 aromatic heterocycles. The van der Waals surface area contributed by atoms with Crippen LogP contribution in [0, 0.1) is 0 Å². The van der Waals surface area contributed by atoms with E-state index in [-0.39, 0.29) is 16.9 Å². The SMILES string of the molecule is CSCCC(NC(=S)P(=O)(OC(C)C)OC(C)C)C(=O)O. The zero-order valence-corrected chi connectivity index (χ0v) is 15.5. The lowest BCUT2D eigenvalue weighted by atomic mass is 10.2. The molecular weight excluding hydrogens is 333 g/mol. The lowest BCUT2D eigenvalue weighted by molar-refractivity contribution is -0.139. The Kier molecular flexibility index (Phi) is 9.73. The summed E-state index contributed by atoms with van der Waals surface area (Å²) in [7, 11) is -3.70. The van der Waals surface area contributed by atoms with Crippen LogP contribution < -0.4 is 5.32 Å². The molecule has 0 spiro atoms. The van der Waals surface area contributed by atoms with Gasteiger partial charge in [0.15, 0.2) is 4.73 Å². The Morgan fingerprint density at radius 1 is 1.29 bits per heavy atom. The molecule has 0 saturated heterocycles. The van der Waals surface area contributed by atoms with Crippen LogP contribution in [-0.4, -0.2) is 46.1 Å². The normalized spacial score (nSPS) is 13.5. The molecule has 0 amide bonds. The van der Waals surface area contributed by atoms with Crippen molar-refractivity contribution in [3.63, 3.8) is 0 Å². The third kappa shape index (κ3) is 8.16. The molecule has 2 N–H and O–H groups in total. The fourth-order valence-electron chi connectivity index (χ4n) is 1.40. The quantitative estimate of drug-likeness (QED) is 0.456. The molecule has 124 valence electrons. The van der Waals surface area contributed by atoms with Gasteiger partial charge in [-0.1, -0.05) is 12.2 Å². The highest BCUT2D eigenvalue weighted by Crippen LogP contribution is 2.51. The van der Waals surface area contributed by atoms with E-state index in [0.717, 1.165) is 0 Å². The van der Waals surface area contributed by atoms with Crippen LogP contribution in [0.1, 0.15) is 34.1 Å². The maximum Gasteiger partial charge on any atom is 0.388 e. The molecule has 0 rings (SSSR count). The van der Waals surface area contributed by atoms with Crippen molar-refractivity contribution < 1.29 is 23.5 Å². The first-order chi connectivity index (χ1) is 9.62. The molecule has 0 aliphatic heterocycles. The fraction of sp³-hybridized carbons (Fsp3) is 0.833. The average Bonchev–Trinajstić information content (AvgIpc) is 2.31. The first-order valence-electron chi connectivity index (χ1n) is 6.62.